The summed E-state index contributed by atoms with van der Waals surface area (Å²) in [6.07, 6.45) is 0. The van der Waals surface area contributed by atoms with Crippen molar-refractivity contribution in [1.29, 1.82) is 0 Å². The van der Waals surface area contributed by atoms with Crippen molar-refractivity contribution in [2.45, 2.75) is 19.8 Å². The normalized spacial score (nSPS) is 17.2. The largest absolute Gasteiger partial charge is 0.347 e. The average molecular weight is 446 g/mol. The van der Waals surface area contributed by atoms with Crippen molar-refractivity contribution in [3.05, 3.63) is 71.5 Å². The fourth-order valence-corrected chi connectivity index (χ4v) is 4.76. The molecular weight excluding hydrogens is 417 g/mol. The minimum absolute atomic E-state index is 0.118. The Morgan fingerprint density at radius 3 is 2.26 bits per heavy atom. The van der Waals surface area contributed by atoms with Gasteiger partial charge in [0.25, 0.3) is 0 Å². The quantitative estimate of drug-likeness (QED) is 0.506. The first-order chi connectivity index (χ1) is 14.8. The Hall–Kier alpha value is -2.78. The summed E-state index contributed by atoms with van der Waals surface area (Å²) in [7, 11) is -0.384. The number of benzene rings is 2. The fourth-order valence-electron chi connectivity index (χ4n) is 3.52. The van der Waals surface area contributed by atoms with Crippen LogP contribution >= 0.6 is 0 Å². The van der Waals surface area contributed by atoms with E-state index in [4.69, 9.17) is 5.10 Å². The maximum atomic E-state index is 13.5. The van der Waals surface area contributed by atoms with E-state index < -0.39 is 10.2 Å². The number of hydrogen-bond acceptors (Lipinski definition) is 3. The SMILES string of the molecule is CCN(CC)S(=O)(=O)N=C(N(C)C)N1CC(c2ccccc2)C(c2ccc(F)cc2)=N1. The first-order valence-corrected chi connectivity index (χ1v) is 11.6. The van der Waals surface area contributed by atoms with Gasteiger partial charge in [0.1, 0.15) is 5.82 Å². The molecule has 166 valence electrons. The zero-order chi connectivity index (χ0) is 22.6. The van der Waals surface area contributed by atoms with Crippen LogP contribution in [0.2, 0.25) is 0 Å². The number of nitrogens with zero attached hydrogens (tertiary/aromatic N) is 5. The predicted molar refractivity (Wildman–Crippen MR) is 122 cm³/mol. The molecule has 7 nitrogen and oxygen atoms in total. The van der Waals surface area contributed by atoms with E-state index in [0.717, 1.165) is 16.8 Å². The first-order valence-electron chi connectivity index (χ1n) is 10.2. The number of halogens is 1. The van der Waals surface area contributed by atoms with Gasteiger partial charge in [-0.05, 0) is 23.3 Å². The van der Waals surface area contributed by atoms with Gasteiger partial charge in [0.2, 0.25) is 5.96 Å². The second kappa shape index (κ2) is 9.57. The lowest BCUT2D eigenvalue weighted by atomic mass is 9.91. The zero-order valence-corrected chi connectivity index (χ0v) is 19.1. The topological polar surface area (TPSA) is 68.6 Å². The molecule has 0 N–H and O–H groups in total. The lowest BCUT2D eigenvalue weighted by molar-refractivity contribution is 0.400. The van der Waals surface area contributed by atoms with Crippen LogP contribution in [0.1, 0.15) is 30.9 Å². The third-order valence-electron chi connectivity index (χ3n) is 5.12. The van der Waals surface area contributed by atoms with E-state index in [-0.39, 0.29) is 17.7 Å². The van der Waals surface area contributed by atoms with Crippen LogP contribution in [0.25, 0.3) is 0 Å². The molecule has 2 aromatic carbocycles. The lowest BCUT2D eigenvalue weighted by Crippen LogP contribution is -2.39. The molecule has 9 heteroatoms. The molecule has 0 saturated carbocycles. The highest BCUT2D eigenvalue weighted by Crippen LogP contribution is 2.29. The van der Waals surface area contributed by atoms with Crippen molar-refractivity contribution in [3.63, 3.8) is 0 Å². The van der Waals surface area contributed by atoms with Gasteiger partial charge in [-0.25, -0.2) is 9.40 Å². The molecule has 1 unspecified atom stereocenters. The van der Waals surface area contributed by atoms with Gasteiger partial charge in [-0.3, -0.25) is 0 Å². The maximum Gasteiger partial charge on any atom is 0.325 e. The summed E-state index contributed by atoms with van der Waals surface area (Å²) >= 11 is 0. The van der Waals surface area contributed by atoms with E-state index >= 15 is 0 Å². The Morgan fingerprint density at radius 1 is 1.10 bits per heavy atom. The highest BCUT2D eigenvalue weighted by Gasteiger charge is 2.33. The molecule has 0 radical (unpaired) electrons. The molecule has 1 atom stereocenters. The second-order valence-electron chi connectivity index (χ2n) is 7.39. The Kier molecular flexibility index (Phi) is 7.07. The van der Waals surface area contributed by atoms with Crippen LogP contribution in [0.15, 0.2) is 64.1 Å². The van der Waals surface area contributed by atoms with Crippen molar-refractivity contribution >= 4 is 21.9 Å². The molecule has 3 rings (SSSR count). The third kappa shape index (κ3) is 5.11. The number of hydrazone groups is 1. The van der Waals surface area contributed by atoms with Gasteiger partial charge in [0.15, 0.2) is 0 Å². The summed E-state index contributed by atoms with van der Waals surface area (Å²) in [5.74, 6) is -0.214. The first kappa shape index (κ1) is 22.9. The summed E-state index contributed by atoms with van der Waals surface area (Å²) in [5.41, 5.74) is 2.56. The van der Waals surface area contributed by atoms with Crippen LogP contribution < -0.4 is 0 Å². The third-order valence-corrected chi connectivity index (χ3v) is 6.68. The van der Waals surface area contributed by atoms with E-state index in [1.54, 1.807) is 50.0 Å². The number of rotatable bonds is 6. The van der Waals surface area contributed by atoms with Gasteiger partial charge in [-0.15, -0.1) is 4.40 Å². The molecule has 31 heavy (non-hydrogen) atoms. The zero-order valence-electron chi connectivity index (χ0n) is 18.2. The van der Waals surface area contributed by atoms with Crippen molar-refractivity contribution < 1.29 is 12.8 Å². The Balaban J connectivity index is 2.07. The van der Waals surface area contributed by atoms with Crippen LogP contribution in [-0.4, -0.2) is 68.0 Å². The second-order valence-corrected chi connectivity index (χ2v) is 8.98. The van der Waals surface area contributed by atoms with Gasteiger partial charge in [-0.2, -0.15) is 17.8 Å². The molecular formula is C22H28FN5O2S. The van der Waals surface area contributed by atoms with E-state index in [2.05, 4.69) is 4.40 Å². The van der Waals surface area contributed by atoms with Crippen molar-refractivity contribution in [2.24, 2.45) is 9.50 Å². The molecule has 0 bridgehead atoms. The van der Waals surface area contributed by atoms with E-state index in [0.29, 0.717) is 19.6 Å². The Bertz CT molecular complexity index is 1050. The molecule has 0 aliphatic carbocycles. The minimum atomic E-state index is -3.85. The molecule has 0 saturated heterocycles. The van der Waals surface area contributed by atoms with Crippen LogP contribution in [0.3, 0.4) is 0 Å². The maximum absolute atomic E-state index is 13.5. The standard InChI is InChI=1S/C22H28FN5O2S/c1-5-27(6-2)31(29,30)25-22(26(3)4)28-16-20(17-10-8-7-9-11-17)21(24-28)18-12-14-19(23)15-13-18/h7-15,20H,5-6,16H2,1-4H3. The van der Waals surface area contributed by atoms with Gasteiger partial charge >= 0.3 is 10.2 Å². The molecule has 0 spiro atoms. The van der Waals surface area contributed by atoms with Gasteiger partial charge in [0, 0.05) is 33.1 Å². The number of hydrogen-bond donors (Lipinski definition) is 0. The Labute approximate surface area is 183 Å². The van der Waals surface area contributed by atoms with Gasteiger partial charge in [-0.1, -0.05) is 56.3 Å². The summed E-state index contributed by atoms with van der Waals surface area (Å²) in [5, 5.41) is 6.34. The van der Waals surface area contributed by atoms with Gasteiger partial charge < -0.3 is 4.90 Å². The van der Waals surface area contributed by atoms with Crippen molar-refractivity contribution in [1.82, 2.24) is 14.2 Å². The van der Waals surface area contributed by atoms with E-state index in [1.807, 2.05) is 30.3 Å². The van der Waals surface area contributed by atoms with Crippen LogP contribution in [-0.2, 0) is 10.2 Å². The summed E-state index contributed by atoms with van der Waals surface area (Å²) in [6.45, 7) is 4.64. The van der Waals surface area contributed by atoms with Gasteiger partial charge in [0.05, 0.1) is 12.3 Å². The van der Waals surface area contributed by atoms with E-state index in [1.165, 1.54) is 16.4 Å². The molecule has 2 aromatic rings. The molecule has 0 fully saturated rings. The van der Waals surface area contributed by atoms with E-state index in [9.17, 15) is 12.8 Å². The molecule has 1 aliphatic heterocycles. The molecule has 0 amide bonds. The molecule has 0 aromatic heterocycles. The molecule has 1 aliphatic rings. The fraction of sp³-hybridized carbons (Fsp3) is 0.364. The molecule has 1 heterocycles. The minimum Gasteiger partial charge on any atom is -0.347 e. The summed E-state index contributed by atoms with van der Waals surface area (Å²) < 4.78 is 44.5. The monoisotopic (exact) mass is 445 g/mol. The Morgan fingerprint density at radius 2 is 1.71 bits per heavy atom. The van der Waals surface area contributed by atoms with Crippen LogP contribution in [0.4, 0.5) is 4.39 Å². The van der Waals surface area contributed by atoms with Crippen molar-refractivity contribution in [2.75, 3.05) is 33.7 Å². The predicted octanol–water partition coefficient (Wildman–Crippen LogP) is 3.13. The average Bonchev–Trinajstić information content (AvgIpc) is 3.19. The highest BCUT2D eigenvalue weighted by atomic mass is 32.2. The van der Waals surface area contributed by atoms with Crippen LogP contribution in [0.5, 0.6) is 0 Å². The lowest BCUT2D eigenvalue weighted by Gasteiger charge is -2.25. The summed E-state index contributed by atoms with van der Waals surface area (Å²) in [6, 6.07) is 16.0. The van der Waals surface area contributed by atoms with Crippen molar-refractivity contribution in [3.8, 4) is 0 Å². The van der Waals surface area contributed by atoms with Crippen LogP contribution in [0, 0.1) is 5.82 Å². The highest BCUT2D eigenvalue weighted by molar-refractivity contribution is 7.87. The number of guanidine groups is 1. The smallest absolute Gasteiger partial charge is 0.325 e. The summed E-state index contributed by atoms with van der Waals surface area (Å²) in [4.78, 5) is 1.64.